The minimum absolute atomic E-state index is 0.152. The van der Waals surface area contributed by atoms with Crippen LogP contribution in [0.5, 0.6) is 5.75 Å². The zero-order chi connectivity index (χ0) is 17.9. The first-order valence-electron chi connectivity index (χ1n) is 9.20. The van der Waals surface area contributed by atoms with Gasteiger partial charge in [-0.25, -0.2) is 0 Å². The van der Waals surface area contributed by atoms with Crippen LogP contribution in [0.15, 0.2) is 36.4 Å². The van der Waals surface area contributed by atoms with Crippen LogP contribution >= 0.6 is 0 Å². The van der Waals surface area contributed by atoms with Crippen molar-refractivity contribution in [3.63, 3.8) is 0 Å². The fourth-order valence-corrected chi connectivity index (χ4v) is 3.71. The van der Waals surface area contributed by atoms with Gasteiger partial charge < -0.3 is 15.0 Å². The highest BCUT2D eigenvalue weighted by molar-refractivity contribution is 5.87. The van der Waals surface area contributed by atoms with Crippen molar-refractivity contribution < 1.29 is 4.74 Å². The number of likely N-dealkylation sites (N-methyl/N-ethyl adjacent to an activating group) is 1. The van der Waals surface area contributed by atoms with E-state index in [0.29, 0.717) is 0 Å². The molecule has 0 amide bonds. The predicted molar refractivity (Wildman–Crippen MR) is 105 cm³/mol. The molecule has 2 aromatic rings. The van der Waals surface area contributed by atoms with Crippen LogP contribution < -0.4 is 10.1 Å². The summed E-state index contributed by atoms with van der Waals surface area (Å²) in [5.41, 5.74) is 1.40. The first-order valence-corrected chi connectivity index (χ1v) is 9.20. The Morgan fingerprint density at radius 3 is 2.48 bits per heavy atom. The average Bonchev–Trinajstić information content (AvgIpc) is 2.62. The van der Waals surface area contributed by atoms with Crippen LogP contribution in [0.2, 0.25) is 0 Å². The maximum atomic E-state index is 5.61. The van der Waals surface area contributed by atoms with Crippen LogP contribution in [-0.2, 0) is 6.54 Å². The average molecular weight is 341 g/mol. The Balaban J connectivity index is 1.68. The Kier molecular flexibility index (Phi) is 5.62. The second kappa shape index (κ2) is 7.73. The van der Waals surface area contributed by atoms with Gasteiger partial charge >= 0.3 is 0 Å². The van der Waals surface area contributed by atoms with Crippen LogP contribution in [0.3, 0.4) is 0 Å². The summed E-state index contributed by atoms with van der Waals surface area (Å²) in [6.07, 6.45) is 0. The summed E-state index contributed by atoms with van der Waals surface area (Å²) >= 11 is 0. The van der Waals surface area contributed by atoms with E-state index in [4.69, 9.17) is 4.74 Å². The summed E-state index contributed by atoms with van der Waals surface area (Å²) in [5.74, 6) is 0.962. The molecule has 2 aromatic carbocycles. The molecule has 136 valence electrons. The Labute approximate surface area is 151 Å². The van der Waals surface area contributed by atoms with Gasteiger partial charge in [0.25, 0.3) is 0 Å². The zero-order valence-electron chi connectivity index (χ0n) is 16.0. The normalized spacial score (nSPS) is 17.1. The number of fused-ring (bicyclic) bond motifs is 1. The fraction of sp³-hybridized carbons (Fsp3) is 0.524. The molecular weight excluding hydrogens is 310 g/mol. The Hall–Kier alpha value is -1.62. The van der Waals surface area contributed by atoms with Crippen molar-refractivity contribution in [1.82, 2.24) is 15.1 Å². The molecule has 0 unspecified atom stereocenters. The van der Waals surface area contributed by atoms with Crippen LogP contribution in [0.1, 0.15) is 19.4 Å². The second-order valence-corrected chi connectivity index (χ2v) is 7.67. The van der Waals surface area contributed by atoms with Crippen molar-refractivity contribution in [2.45, 2.75) is 25.9 Å². The van der Waals surface area contributed by atoms with Crippen LogP contribution in [-0.4, -0.2) is 62.2 Å². The van der Waals surface area contributed by atoms with Gasteiger partial charge in [0, 0.05) is 50.4 Å². The van der Waals surface area contributed by atoms with Crippen molar-refractivity contribution in [1.29, 1.82) is 0 Å². The SMILES string of the molecule is COc1ccc2ccccc2c1CNCC(C)(C)N1CCN(C)CC1. The summed E-state index contributed by atoms with van der Waals surface area (Å²) in [7, 11) is 3.96. The minimum Gasteiger partial charge on any atom is -0.496 e. The van der Waals surface area contributed by atoms with E-state index in [9.17, 15) is 0 Å². The van der Waals surface area contributed by atoms with E-state index in [1.807, 2.05) is 0 Å². The molecule has 0 bridgehead atoms. The lowest BCUT2D eigenvalue weighted by molar-refractivity contribution is 0.0618. The third kappa shape index (κ3) is 4.14. The van der Waals surface area contributed by atoms with Gasteiger partial charge in [-0.15, -0.1) is 0 Å². The Bertz CT molecular complexity index is 705. The number of hydrogen-bond donors (Lipinski definition) is 1. The summed E-state index contributed by atoms with van der Waals surface area (Å²) in [4.78, 5) is 5.00. The number of rotatable bonds is 6. The van der Waals surface area contributed by atoms with E-state index >= 15 is 0 Å². The lowest BCUT2D eigenvalue weighted by Crippen LogP contribution is -2.57. The minimum atomic E-state index is 0.152. The topological polar surface area (TPSA) is 27.7 Å². The molecule has 0 aromatic heterocycles. The molecule has 4 heteroatoms. The number of nitrogens with zero attached hydrogens (tertiary/aromatic N) is 2. The number of nitrogens with one attached hydrogen (secondary N) is 1. The molecule has 1 heterocycles. The monoisotopic (exact) mass is 341 g/mol. The van der Waals surface area contributed by atoms with E-state index < -0.39 is 0 Å². The van der Waals surface area contributed by atoms with Gasteiger partial charge in [0.15, 0.2) is 0 Å². The summed E-state index contributed by atoms with van der Waals surface area (Å²) in [5, 5.41) is 6.21. The van der Waals surface area contributed by atoms with Gasteiger partial charge in [-0.3, -0.25) is 4.90 Å². The smallest absolute Gasteiger partial charge is 0.123 e. The van der Waals surface area contributed by atoms with Gasteiger partial charge in [-0.05, 0) is 37.7 Å². The Morgan fingerprint density at radius 1 is 1.04 bits per heavy atom. The summed E-state index contributed by atoms with van der Waals surface area (Å²) in [6.45, 7) is 11.1. The maximum absolute atomic E-state index is 5.61. The van der Waals surface area contributed by atoms with Crippen molar-refractivity contribution in [2.24, 2.45) is 0 Å². The third-order valence-electron chi connectivity index (χ3n) is 5.44. The molecule has 1 saturated heterocycles. The van der Waals surface area contributed by atoms with Crippen molar-refractivity contribution in [3.05, 3.63) is 42.0 Å². The van der Waals surface area contributed by atoms with E-state index in [1.165, 1.54) is 16.3 Å². The largest absolute Gasteiger partial charge is 0.496 e. The number of ether oxygens (including phenoxy) is 1. The second-order valence-electron chi connectivity index (χ2n) is 7.67. The van der Waals surface area contributed by atoms with Crippen molar-refractivity contribution >= 4 is 10.8 Å². The van der Waals surface area contributed by atoms with Gasteiger partial charge in [0.2, 0.25) is 0 Å². The number of benzene rings is 2. The molecule has 1 aliphatic heterocycles. The highest BCUT2D eigenvalue weighted by Gasteiger charge is 2.28. The molecule has 1 aliphatic rings. The lowest BCUT2D eigenvalue weighted by Gasteiger charge is -2.43. The molecule has 0 saturated carbocycles. The number of methoxy groups -OCH3 is 1. The standard InChI is InChI=1S/C21H31N3O/c1-21(2,24-13-11-23(3)12-14-24)16-22-15-19-18-8-6-5-7-17(18)9-10-20(19)25-4/h5-10,22H,11-16H2,1-4H3. The molecule has 25 heavy (non-hydrogen) atoms. The molecule has 0 aliphatic carbocycles. The molecule has 1 N–H and O–H groups in total. The predicted octanol–water partition coefficient (Wildman–Crippen LogP) is 2.96. The summed E-state index contributed by atoms with van der Waals surface area (Å²) in [6, 6.07) is 12.7. The fourth-order valence-electron chi connectivity index (χ4n) is 3.71. The number of hydrogen-bond acceptors (Lipinski definition) is 4. The third-order valence-corrected chi connectivity index (χ3v) is 5.44. The molecule has 3 rings (SSSR count). The first-order chi connectivity index (χ1) is 12.0. The van der Waals surface area contributed by atoms with Gasteiger partial charge in [0.1, 0.15) is 5.75 Å². The van der Waals surface area contributed by atoms with Crippen LogP contribution in [0, 0.1) is 0 Å². The highest BCUT2D eigenvalue weighted by atomic mass is 16.5. The molecule has 1 fully saturated rings. The van der Waals surface area contributed by atoms with E-state index in [0.717, 1.165) is 45.0 Å². The van der Waals surface area contributed by atoms with Crippen molar-refractivity contribution in [2.75, 3.05) is 46.9 Å². The molecule has 0 radical (unpaired) electrons. The first kappa shape index (κ1) is 18.2. The molecule has 4 nitrogen and oxygen atoms in total. The van der Waals surface area contributed by atoms with Crippen LogP contribution in [0.25, 0.3) is 10.8 Å². The van der Waals surface area contributed by atoms with E-state index in [2.05, 4.69) is 72.4 Å². The maximum Gasteiger partial charge on any atom is 0.123 e. The zero-order valence-corrected chi connectivity index (χ0v) is 16.0. The van der Waals surface area contributed by atoms with E-state index in [1.54, 1.807) is 7.11 Å². The van der Waals surface area contributed by atoms with Crippen molar-refractivity contribution in [3.8, 4) is 5.75 Å². The van der Waals surface area contributed by atoms with Gasteiger partial charge in [-0.1, -0.05) is 30.3 Å². The molecular formula is C21H31N3O. The van der Waals surface area contributed by atoms with Crippen LogP contribution in [0.4, 0.5) is 0 Å². The lowest BCUT2D eigenvalue weighted by atomic mass is 10.00. The van der Waals surface area contributed by atoms with E-state index in [-0.39, 0.29) is 5.54 Å². The summed E-state index contributed by atoms with van der Waals surface area (Å²) < 4.78 is 5.61. The van der Waals surface area contributed by atoms with Gasteiger partial charge in [-0.2, -0.15) is 0 Å². The molecule has 0 spiro atoms. The Morgan fingerprint density at radius 2 is 1.76 bits per heavy atom. The number of piperazine rings is 1. The molecule has 0 atom stereocenters. The quantitative estimate of drug-likeness (QED) is 0.874. The van der Waals surface area contributed by atoms with Gasteiger partial charge in [0.05, 0.1) is 7.11 Å². The highest BCUT2D eigenvalue weighted by Crippen LogP contribution is 2.28.